The Bertz CT molecular complexity index is 1080. The molecule has 1 amide bonds. The summed E-state index contributed by atoms with van der Waals surface area (Å²) in [5.74, 6) is -0.717. The molecular formula is C27H29Cl2NO2S. The first-order valence-corrected chi connectivity index (χ1v) is 13.1. The minimum atomic E-state index is -0.340. The molecule has 0 spiro atoms. The maximum atomic E-state index is 13.1. The van der Waals surface area contributed by atoms with Gasteiger partial charge >= 0.3 is 0 Å². The number of carbonyl (C=O) groups excluding carboxylic acids is 2. The zero-order valence-electron chi connectivity index (χ0n) is 18.8. The molecule has 3 aromatic rings. The number of rotatable bonds is 12. The Morgan fingerprint density at radius 1 is 0.879 bits per heavy atom. The maximum absolute atomic E-state index is 13.1. The predicted molar refractivity (Wildman–Crippen MR) is 140 cm³/mol. The molecule has 0 aliphatic carbocycles. The minimum Gasteiger partial charge on any atom is -0.316 e. The van der Waals surface area contributed by atoms with Crippen molar-refractivity contribution >= 4 is 51.2 Å². The summed E-state index contributed by atoms with van der Waals surface area (Å²) in [5, 5.41) is 3.67. The molecule has 0 radical (unpaired) electrons. The first-order valence-electron chi connectivity index (χ1n) is 11.4. The summed E-state index contributed by atoms with van der Waals surface area (Å²) in [4.78, 5) is 26.1. The van der Waals surface area contributed by atoms with Gasteiger partial charge in [0.15, 0.2) is 5.78 Å². The van der Waals surface area contributed by atoms with Gasteiger partial charge in [0.1, 0.15) is 10.9 Å². The van der Waals surface area contributed by atoms with Crippen LogP contribution in [0.25, 0.3) is 0 Å². The van der Waals surface area contributed by atoms with E-state index in [-0.39, 0.29) is 17.6 Å². The molecule has 1 N–H and O–H groups in total. The van der Waals surface area contributed by atoms with E-state index in [2.05, 4.69) is 36.5 Å². The number of unbranched alkanes of at least 4 members (excludes halogenated alkanes) is 3. The van der Waals surface area contributed by atoms with Gasteiger partial charge in [0.05, 0.1) is 10.6 Å². The molecule has 1 heterocycles. The van der Waals surface area contributed by atoms with Crippen molar-refractivity contribution < 1.29 is 9.59 Å². The van der Waals surface area contributed by atoms with Gasteiger partial charge in [0, 0.05) is 10.4 Å². The topological polar surface area (TPSA) is 46.2 Å². The molecule has 0 atom stereocenters. The van der Waals surface area contributed by atoms with Crippen LogP contribution in [0.3, 0.4) is 0 Å². The minimum absolute atomic E-state index is 0.169. The van der Waals surface area contributed by atoms with E-state index in [9.17, 15) is 9.59 Å². The van der Waals surface area contributed by atoms with E-state index < -0.39 is 0 Å². The van der Waals surface area contributed by atoms with Crippen molar-refractivity contribution in [3.8, 4) is 0 Å². The molecule has 3 rings (SSSR count). The van der Waals surface area contributed by atoms with Crippen LogP contribution in [0.5, 0.6) is 0 Å². The van der Waals surface area contributed by atoms with Crippen LogP contribution in [0, 0.1) is 0 Å². The van der Waals surface area contributed by atoms with Gasteiger partial charge in [0.25, 0.3) is 0 Å². The summed E-state index contributed by atoms with van der Waals surface area (Å²) in [7, 11) is 0. The van der Waals surface area contributed by atoms with Gasteiger partial charge in [-0.15, -0.1) is 22.9 Å². The van der Waals surface area contributed by atoms with E-state index in [0.29, 0.717) is 21.2 Å². The molecule has 0 bridgehead atoms. The van der Waals surface area contributed by atoms with E-state index in [1.807, 2.05) is 6.07 Å². The number of ketones is 1. The standard InChI is InChI=1S/C27H29Cl2NO2S/c1-2-3-4-5-8-19-11-13-20(14-12-19)15-16-21-17-23(27(33-21)30-25(31)18-28)26(32)22-9-6-7-10-24(22)29/h6-7,9-14,17H,2-5,8,15-16,18H2,1H3,(H,30,31). The number of hydrogen-bond acceptors (Lipinski definition) is 3. The molecule has 33 heavy (non-hydrogen) atoms. The predicted octanol–water partition coefficient (Wildman–Crippen LogP) is 7.72. The lowest BCUT2D eigenvalue weighted by Crippen LogP contribution is -2.14. The van der Waals surface area contributed by atoms with E-state index >= 15 is 0 Å². The van der Waals surface area contributed by atoms with Gasteiger partial charge in [-0.25, -0.2) is 0 Å². The van der Waals surface area contributed by atoms with Gasteiger partial charge in [-0.05, 0) is 55.0 Å². The van der Waals surface area contributed by atoms with Crippen molar-refractivity contribution in [1.82, 2.24) is 0 Å². The zero-order valence-corrected chi connectivity index (χ0v) is 21.2. The highest BCUT2D eigenvalue weighted by Gasteiger charge is 2.21. The monoisotopic (exact) mass is 501 g/mol. The molecule has 174 valence electrons. The average Bonchev–Trinajstić information content (AvgIpc) is 3.23. The first-order chi connectivity index (χ1) is 16.0. The lowest BCUT2D eigenvalue weighted by molar-refractivity contribution is -0.113. The van der Waals surface area contributed by atoms with Crippen LogP contribution in [0.2, 0.25) is 5.02 Å². The summed E-state index contributed by atoms with van der Waals surface area (Å²) >= 11 is 13.3. The molecule has 0 saturated heterocycles. The van der Waals surface area contributed by atoms with Crippen LogP contribution in [-0.2, 0) is 24.1 Å². The van der Waals surface area contributed by atoms with Gasteiger partial charge in [-0.3, -0.25) is 9.59 Å². The molecule has 0 fully saturated rings. The molecule has 0 saturated carbocycles. The van der Waals surface area contributed by atoms with Crippen molar-refractivity contribution in [2.24, 2.45) is 0 Å². The molecule has 0 aliphatic rings. The van der Waals surface area contributed by atoms with Gasteiger partial charge in [-0.1, -0.05) is 74.2 Å². The SMILES string of the molecule is CCCCCCc1ccc(CCc2cc(C(=O)c3ccccc3Cl)c(NC(=O)CCl)s2)cc1. The highest BCUT2D eigenvalue weighted by molar-refractivity contribution is 7.16. The molecule has 0 aliphatic heterocycles. The van der Waals surface area contributed by atoms with Crippen LogP contribution in [0.4, 0.5) is 5.00 Å². The Balaban J connectivity index is 1.70. The van der Waals surface area contributed by atoms with Crippen molar-refractivity contribution in [2.75, 3.05) is 11.2 Å². The largest absolute Gasteiger partial charge is 0.316 e. The fourth-order valence-corrected chi connectivity index (χ4v) is 5.03. The van der Waals surface area contributed by atoms with Gasteiger partial charge in [-0.2, -0.15) is 0 Å². The fourth-order valence-electron chi connectivity index (χ4n) is 3.67. The number of alkyl halides is 1. The number of benzene rings is 2. The summed E-state index contributed by atoms with van der Waals surface area (Å²) in [5.41, 5.74) is 3.50. The number of anilines is 1. The fraction of sp³-hybridized carbons (Fsp3) is 0.333. The van der Waals surface area contributed by atoms with E-state index in [1.54, 1.807) is 24.3 Å². The number of nitrogens with one attached hydrogen (secondary N) is 1. The lowest BCUT2D eigenvalue weighted by atomic mass is 10.0. The van der Waals surface area contributed by atoms with Crippen molar-refractivity contribution in [1.29, 1.82) is 0 Å². The molecular weight excluding hydrogens is 473 g/mol. The average molecular weight is 503 g/mol. The van der Waals surface area contributed by atoms with E-state index in [1.165, 1.54) is 48.1 Å². The van der Waals surface area contributed by atoms with Gasteiger partial charge < -0.3 is 5.32 Å². The Morgan fingerprint density at radius 3 is 2.24 bits per heavy atom. The summed E-state index contributed by atoms with van der Waals surface area (Å²) in [6.45, 7) is 2.23. The number of amides is 1. The third-order valence-corrected chi connectivity index (χ3v) is 7.21. The normalized spacial score (nSPS) is 10.9. The molecule has 2 aromatic carbocycles. The summed E-state index contributed by atoms with van der Waals surface area (Å²) in [6, 6.07) is 17.6. The second-order valence-corrected chi connectivity index (χ2v) is 9.88. The Kier molecular flexibility index (Phi) is 9.98. The lowest BCUT2D eigenvalue weighted by Gasteiger charge is -2.05. The summed E-state index contributed by atoms with van der Waals surface area (Å²) in [6.07, 6.45) is 7.84. The first kappa shape index (κ1) is 25.5. The van der Waals surface area contributed by atoms with Crippen LogP contribution < -0.4 is 5.32 Å². The number of thiophene rings is 1. The number of hydrogen-bond donors (Lipinski definition) is 1. The number of halogens is 2. The van der Waals surface area contributed by atoms with Crippen LogP contribution in [-0.4, -0.2) is 17.6 Å². The Morgan fingerprint density at radius 2 is 1.58 bits per heavy atom. The Hall–Kier alpha value is -2.14. The highest BCUT2D eigenvalue weighted by Crippen LogP contribution is 2.32. The quantitative estimate of drug-likeness (QED) is 0.157. The third-order valence-electron chi connectivity index (χ3n) is 5.52. The number of aryl methyl sites for hydroxylation is 3. The zero-order chi connectivity index (χ0) is 23.6. The third kappa shape index (κ3) is 7.43. The van der Waals surface area contributed by atoms with Crippen molar-refractivity contribution in [3.05, 3.63) is 86.8 Å². The highest BCUT2D eigenvalue weighted by atomic mass is 35.5. The molecule has 6 heteroatoms. The van der Waals surface area contributed by atoms with E-state index in [4.69, 9.17) is 23.2 Å². The van der Waals surface area contributed by atoms with Crippen LogP contribution >= 0.6 is 34.5 Å². The molecule has 3 nitrogen and oxygen atoms in total. The van der Waals surface area contributed by atoms with Gasteiger partial charge in [0.2, 0.25) is 5.91 Å². The van der Waals surface area contributed by atoms with Crippen LogP contribution in [0.15, 0.2) is 54.6 Å². The van der Waals surface area contributed by atoms with Crippen molar-refractivity contribution in [2.45, 2.75) is 51.9 Å². The maximum Gasteiger partial charge on any atom is 0.239 e. The second kappa shape index (κ2) is 12.9. The van der Waals surface area contributed by atoms with Crippen LogP contribution in [0.1, 0.15) is 64.5 Å². The smallest absolute Gasteiger partial charge is 0.239 e. The van der Waals surface area contributed by atoms with E-state index in [0.717, 1.165) is 24.1 Å². The summed E-state index contributed by atoms with van der Waals surface area (Å²) < 4.78 is 0. The molecule has 0 unspecified atom stereocenters. The number of carbonyl (C=O) groups is 2. The second-order valence-electron chi connectivity index (χ2n) is 8.07. The van der Waals surface area contributed by atoms with Crippen molar-refractivity contribution in [3.63, 3.8) is 0 Å². The Labute approximate surface area is 210 Å². The molecule has 1 aromatic heterocycles.